The van der Waals surface area contributed by atoms with Gasteiger partial charge in [-0.15, -0.1) is 6.58 Å². The van der Waals surface area contributed by atoms with Gasteiger partial charge in [0.1, 0.15) is 0 Å². The van der Waals surface area contributed by atoms with Crippen LogP contribution in [0.4, 0.5) is 0 Å². The van der Waals surface area contributed by atoms with E-state index in [2.05, 4.69) is 32.3 Å². The van der Waals surface area contributed by atoms with Gasteiger partial charge in [0.15, 0.2) is 0 Å². The number of nitrogens with zero attached hydrogens (tertiary/aromatic N) is 1. The summed E-state index contributed by atoms with van der Waals surface area (Å²) < 4.78 is 0. The van der Waals surface area contributed by atoms with Gasteiger partial charge < -0.3 is 0 Å². The first-order chi connectivity index (χ1) is 5.56. The summed E-state index contributed by atoms with van der Waals surface area (Å²) in [7, 11) is 0. The Balaban J connectivity index is 2.47. The highest BCUT2D eigenvalue weighted by Gasteiger charge is 2.35. The van der Waals surface area contributed by atoms with E-state index in [-0.39, 0.29) is 0 Å². The van der Waals surface area contributed by atoms with Crippen molar-refractivity contribution in [3.05, 3.63) is 12.7 Å². The van der Waals surface area contributed by atoms with Crippen molar-refractivity contribution in [2.24, 2.45) is 5.92 Å². The molecule has 1 rings (SSSR count). The molecule has 0 aromatic rings. The highest BCUT2D eigenvalue weighted by Crippen LogP contribution is 2.31. The molecule has 0 N–H and O–H groups in total. The van der Waals surface area contributed by atoms with Gasteiger partial charge in [-0.3, -0.25) is 4.90 Å². The second-order valence-electron chi connectivity index (χ2n) is 4.65. The molecular weight excluding hydrogens is 146 g/mol. The van der Waals surface area contributed by atoms with Crippen molar-refractivity contribution >= 4 is 0 Å². The quantitative estimate of drug-likeness (QED) is 0.584. The molecule has 1 fully saturated rings. The van der Waals surface area contributed by atoms with Crippen LogP contribution >= 0.6 is 0 Å². The Morgan fingerprint density at radius 2 is 2.25 bits per heavy atom. The molecule has 0 radical (unpaired) electrons. The maximum atomic E-state index is 3.76. The van der Waals surface area contributed by atoms with Gasteiger partial charge >= 0.3 is 0 Å². The van der Waals surface area contributed by atoms with Crippen LogP contribution in [0.2, 0.25) is 0 Å². The molecule has 0 aliphatic carbocycles. The highest BCUT2D eigenvalue weighted by atomic mass is 15.2. The maximum absolute atomic E-state index is 3.76. The second-order valence-corrected chi connectivity index (χ2v) is 4.65. The summed E-state index contributed by atoms with van der Waals surface area (Å²) >= 11 is 0. The lowest BCUT2D eigenvalue weighted by Gasteiger charge is -2.31. The minimum absolute atomic E-state index is 0.419. The number of hydrogen-bond acceptors (Lipinski definition) is 1. The molecule has 1 unspecified atom stereocenters. The van der Waals surface area contributed by atoms with Crippen molar-refractivity contribution in [3.8, 4) is 0 Å². The molecule has 1 nitrogen and oxygen atoms in total. The first-order valence-electron chi connectivity index (χ1n) is 4.92. The molecule has 1 aliphatic rings. The molecule has 0 aromatic heterocycles. The molecule has 1 atom stereocenters. The lowest BCUT2D eigenvalue weighted by atomic mass is 9.98. The molecule has 0 aromatic carbocycles. The van der Waals surface area contributed by atoms with Crippen molar-refractivity contribution in [2.45, 2.75) is 39.2 Å². The predicted octanol–water partition coefficient (Wildman–Crippen LogP) is 2.68. The van der Waals surface area contributed by atoms with Crippen LogP contribution in [-0.2, 0) is 0 Å². The fourth-order valence-electron chi connectivity index (χ4n) is 2.31. The van der Waals surface area contributed by atoms with E-state index in [4.69, 9.17) is 0 Å². The minimum Gasteiger partial charge on any atom is -0.298 e. The molecule has 1 saturated heterocycles. The van der Waals surface area contributed by atoms with Crippen LogP contribution in [-0.4, -0.2) is 23.5 Å². The summed E-state index contributed by atoms with van der Waals surface area (Å²) in [5.74, 6) is 0.866. The fourth-order valence-corrected chi connectivity index (χ4v) is 2.31. The smallest absolute Gasteiger partial charge is 0.0156 e. The van der Waals surface area contributed by atoms with E-state index in [1.807, 2.05) is 6.08 Å². The average molecular weight is 167 g/mol. The summed E-state index contributed by atoms with van der Waals surface area (Å²) in [4.78, 5) is 2.58. The molecular formula is C11H21N. The zero-order valence-electron chi connectivity index (χ0n) is 8.64. The normalized spacial score (nSPS) is 29.1. The molecule has 1 heterocycles. The van der Waals surface area contributed by atoms with Crippen LogP contribution in [0.25, 0.3) is 0 Å². The van der Waals surface area contributed by atoms with Crippen molar-refractivity contribution in [1.82, 2.24) is 4.90 Å². The van der Waals surface area contributed by atoms with Gasteiger partial charge in [-0.05, 0) is 32.6 Å². The average Bonchev–Trinajstić information content (AvgIpc) is 2.20. The zero-order valence-corrected chi connectivity index (χ0v) is 8.64. The minimum atomic E-state index is 0.419. The van der Waals surface area contributed by atoms with E-state index < -0.39 is 0 Å². The van der Waals surface area contributed by atoms with Crippen LogP contribution in [0.5, 0.6) is 0 Å². The van der Waals surface area contributed by atoms with Crippen LogP contribution in [0.3, 0.4) is 0 Å². The third-order valence-corrected chi connectivity index (χ3v) is 2.84. The van der Waals surface area contributed by atoms with Gasteiger partial charge in [-0.25, -0.2) is 0 Å². The summed E-state index contributed by atoms with van der Waals surface area (Å²) in [5, 5.41) is 0. The Hall–Kier alpha value is -0.300. The third-order valence-electron chi connectivity index (χ3n) is 2.84. The van der Waals surface area contributed by atoms with Crippen LogP contribution in [0.1, 0.15) is 33.6 Å². The molecule has 0 spiro atoms. The molecule has 0 bridgehead atoms. The van der Waals surface area contributed by atoms with Crippen molar-refractivity contribution in [3.63, 3.8) is 0 Å². The van der Waals surface area contributed by atoms with Crippen LogP contribution in [0.15, 0.2) is 12.7 Å². The molecule has 12 heavy (non-hydrogen) atoms. The SMILES string of the molecule is C=CCCN1CC(C)CC1(C)C. The van der Waals surface area contributed by atoms with Crippen molar-refractivity contribution < 1.29 is 0 Å². The second kappa shape index (κ2) is 3.61. The summed E-state index contributed by atoms with van der Waals surface area (Å²) in [6, 6.07) is 0. The Kier molecular flexibility index (Phi) is 2.94. The Morgan fingerprint density at radius 3 is 2.67 bits per heavy atom. The van der Waals surface area contributed by atoms with Crippen LogP contribution in [0, 0.1) is 5.92 Å². The van der Waals surface area contributed by atoms with Gasteiger partial charge in [0.2, 0.25) is 0 Å². The summed E-state index contributed by atoms with van der Waals surface area (Å²) in [6.07, 6.45) is 4.47. The Labute approximate surface area is 76.5 Å². The third kappa shape index (κ3) is 2.10. The van der Waals surface area contributed by atoms with Gasteiger partial charge in [-0.1, -0.05) is 13.0 Å². The molecule has 0 saturated carbocycles. The molecule has 70 valence electrons. The zero-order chi connectivity index (χ0) is 9.19. The summed E-state index contributed by atoms with van der Waals surface area (Å²) in [6.45, 7) is 13.2. The van der Waals surface area contributed by atoms with Gasteiger partial charge in [0.05, 0.1) is 0 Å². The van der Waals surface area contributed by atoms with E-state index in [0.717, 1.165) is 12.3 Å². The first kappa shape index (κ1) is 9.79. The molecule has 0 amide bonds. The lowest BCUT2D eigenvalue weighted by molar-refractivity contribution is 0.178. The van der Waals surface area contributed by atoms with Gasteiger partial charge in [-0.2, -0.15) is 0 Å². The topological polar surface area (TPSA) is 3.24 Å². The standard InChI is InChI=1S/C11H21N/c1-5-6-7-12-9-10(2)8-11(12,3)4/h5,10H,1,6-9H2,2-4H3. The van der Waals surface area contributed by atoms with E-state index in [0.29, 0.717) is 5.54 Å². The van der Waals surface area contributed by atoms with Crippen molar-refractivity contribution in [1.29, 1.82) is 0 Å². The highest BCUT2D eigenvalue weighted by molar-refractivity contribution is 4.91. The summed E-state index contributed by atoms with van der Waals surface area (Å²) in [5.41, 5.74) is 0.419. The monoisotopic (exact) mass is 167 g/mol. The number of hydrogen-bond donors (Lipinski definition) is 0. The van der Waals surface area contributed by atoms with E-state index in [1.54, 1.807) is 0 Å². The van der Waals surface area contributed by atoms with E-state index >= 15 is 0 Å². The predicted molar refractivity (Wildman–Crippen MR) is 54.2 cm³/mol. The van der Waals surface area contributed by atoms with E-state index in [9.17, 15) is 0 Å². The number of likely N-dealkylation sites (tertiary alicyclic amines) is 1. The van der Waals surface area contributed by atoms with Crippen molar-refractivity contribution in [2.75, 3.05) is 13.1 Å². The Morgan fingerprint density at radius 1 is 1.58 bits per heavy atom. The molecule has 1 aliphatic heterocycles. The van der Waals surface area contributed by atoms with Gasteiger partial charge in [0, 0.05) is 18.6 Å². The maximum Gasteiger partial charge on any atom is 0.0156 e. The first-order valence-corrected chi connectivity index (χ1v) is 4.92. The molecule has 1 heteroatoms. The van der Waals surface area contributed by atoms with Gasteiger partial charge in [0.25, 0.3) is 0 Å². The lowest BCUT2D eigenvalue weighted by Crippen LogP contribution is -2.38. The fraction of sp³-hybridized carbons (Fsp3) is 0.818. The van der Waals surface area contributed by atoms with Crippen LogP contribution < -0.4 is 0 Å². The van der Waals surface area contributed by atoms with E-state index in [1.165, 1.54) is 19.5 Å². The largest absolute Gasteiger partial charge is 0.298 e. The number of rotatable bonds is 3. The Bertz CT molecular complexity index is 160.